The molecule has 0 amide bonds. The minimum absolute atomic E-state index is 0.211. The van der Waals surface area contributed by atoms with Crippen molar-refractivity contribution in [2.45, 2.75) is 37.0 Å². The smallest absolute Gasteiger partial charge is 0.150 e. The highest BCUT2D eigenvalue weighted by atomic mass is 32.2. The predicted molar refractivity (Wildman–Crippen MR) is 59.1 cm³/mol. The summed E-state index contributed by atoms with van der Waals surface area (Å²) in [6, 6.07) is 2.34. The van der Waals surface area contributed by atoms with Gasteiger partial charge in [-0.2, -0.15) is 5.26 Å². The number of nitrogens with zero attached hydrogens (tertiary/aromatic N) is 2. The molecule has 0 bridgehead atoms. The zero-order valence-corrected chi connectivity index (χ0v) is 10.1. The molecule has 1 aliphatic carbocycles. The molecule has 2 atom stereocenters. The van der Waals surface area contributed by atoms with E-state index in [0.717, 1.165) is 19.3 Å². The molecule has 5 heteroatoms. The molecule has 1 saturated carbocycles. The molecule has 0 aromatic rings. The fourth-order valence-electron chi connectivity index (χ4n) is 2.15. The van der Waals surface area contributed by atoms with Gasteiger partial charge in [-0.25, -0.2) is 8.42 Å². The van der Waals surface area contributed by atoms with Crippen LogP contribution in [0.2, 0.25) is 0 Å². The third kappa shape index (κ3) is 3.47. The monoisotopic (exact) mass is 230 g/mol. The average Bonchev–Trinajstić information content (AvgIpc) is 2.17. The number of rotatable bonds is 3. The van der Waals surface area contributed by atoms with Crippen LogP contribution in [0.4, 0.5) is 0 Å². The molecule has 0 N–H and O–H groups in total. The van der Waals surface area contributed by atoms with Gasteiger partial charge in [-0.15, -0.1) is 0 Å². The first kappa shape index (κ1) is 12.5. The molecule has 1 aliphatic rings. The Morgan fingerprint density at radius 1 is 1.47 bits per heavy atom. The van der Waals surface area contributed by atoms with Gasteiger partial charge in [0.1, 0.15) is 9.84 Å². The van der Waals surface area contributed by atoms with Gasteiger partial charge >= 0.3 is 0 Å². The fraction of sp³-hybridized carbons (Fsp3) is 0.900. The lowest BCUT2D eigenvalue weighted by atomic mass is 9.94. The third-order valence-electron chi connectivity index (χ3n) is 3.15. The van der Waals surface area contributed by atoms with Crippen molar-refractivity contribution in [1.82, 2.24) is 4.90 Å². The zero-order chi connectivity index (χ0) is 11.5. The van der Waals surface area contributed by atoms with Crippen LogP contribution in [0.5, 0.6) is 0 Å². The Morgan fingerprint density at radius 3 is 2.67 bits per heavy atom. The summed E-state index contributed by atoms with van der Waals surface area (Å²) in [5, 5.41) is 8.37. The molecular formula is C10H18N2O2S. The van der Waals surface area contributed by atoms with Crippen molar-refractivity contribution in [2.75, 3.05) is 19.8 Å². The van der Waals surface area contributed by atoms with E-state index in [1.54, 1.807) is 0 Å². The van der Waals surface area contributed by atoms with Crippen LogP contribution in [-0.2, 0) is 9.84 Å². The lowest BCUT2D eigenvalue weighted by Crippen LogP contribution is -2.40. The highest BCUT2D eigenvalue weighted by molar-refractivity contribution is 7.91. The van der Waals surface area contributed by atoms with E-state index in [2.05, 4.69) is 6.07 Å². The SMILES string of the molecule is CN(CC#N)C1CCCC(S(C)(=O)=O)C1. The van der Waals surface area contributed by atoms with E-state index in [1.807, 2.05) is 11.9 Å². The summed E-state index contributed by atoms with van der Waals surface area (Å²) in [4.78, 5) is 1.96. The van der Waals surface area contributed by atoms with Crippen molar-refractivity contribution in [1.29, 1.82) is 5.26 Å². The molecule has 0 aromatic heterocycles. The topological polar surface area (TPSA) is 61.2 Å². The third-order valence-corrected chi connectivity index (χ3v) is 4.79. The van der Waals surface area contributed by atoms with Crippen LogP contribution in [0, 0.1) is 11.3 Å². The van der Waals surface area contributed by atoms with E-state index < -0.39 is 9.84 Å². The quantitative estimate of drug-likeness (QED) is 0.673. The lowest BCUT2D eigenvalue weighted by molar-refractivity contribution is 0.212. The molecule has 15 heavy (non-hydrogen) atoms. The van der Waals surface area contributed by atoms with Gasteiger partial charge in [0, 0.05) is 12.3 Å². The van der Waals surface area contributed by atoms with Crippen molar-refractivity contribution in [2.24, 2.45) is 0 Å². The summed E-state index contributed by atoms with van der Waals surface area (Å²) in [7, 11) is -1.03. The number of hydrogen-bond acceptors (Lipinski definition) is 4. The summed E-state index contributed by atoms with van der Waals surface area (Å²) < 4.78 is 22.9. The molecule has 1 rings (SSSR count). The predicted octanol–water partition coefficient (Wildman–Crippen LogP) is 0.798. The number of hydrogen-bond donors (Lipinski definition) is 0. The molecule has 0 aromatic carbocycles. The van der Waals surface area contributed by atoms with Crippen LogP contribution < -0.4 is 0 Å². The van der Waals surface area contributed by atoms with Crippen molar-refractivity contribution >= 4 is 9.84 Å². The van der Waals surface area contributed by atoms with E-state index in [4.69, 9.17) is 5.26 Å². The summed E-state index contributed by atoms with van der Waals surface area (Å²) in [6.45, 7) is 0.376. The van der Waals surface area contributed by atoms with E-state index in [9.17, 15) is 8.42 Å². The van der Waals surface area contributed by atoms with Gasteiger partial charge in [-0.05, 0) is 26.3 Å². The van der Waals surface area contributed by atoms with Crippen LogP contribution in [-0.4, -0.2) is 44.5 Å². The molecule has 0 saturated heterocycles. The van der Waals surface area contributed by atoms with Gasteiger partial charge in [0.2, 0.25) is 0 Å². The van der Waals surface area contributed by atoms with Gasteiger partial charge in [0.25, 0.3) is 0 Å². The summed E-state index contributed by atoms with van der Waals surface area (Å²) >= 11 is 0. The Balaban J connectivity index is 2.61. The first-order valence-electron chi connectivity index (χ1n) is 5.21. The first-order valence-corrected chi connectivity index (χ1v) is 7.16. The Bertz CT molecular complexity index is 345. The maximum absolute atomic E-state index is 11.4. The molecule has 4 nitrogen and oxygen atoms in total. The number of nitriles is 1. The average molecular weight is 230 g/mol. The molecule has 0 spiro atoms. The standard InChI is InChI=1S/C10H18N2O2S/c1-12(7-6-11)9-4-3-5-10(8-9)15(2,13)14/h9-10H,3-5,7-8H2,1-2H3. The second-order valence-corrected chi connectivity index (χ2v) is 6.67. The molecule has 0 aliphatic heterocycles. The maximum atomic E-state index is 11.4. The largest absolute Gasteiger partial charge is 0.291 e. The maximum Gasteiger partial charge on any atom is 0.150 e. The van der Waals surface area contributed by atoms with E-state index in [1.165, 1.54) is 6.26 Å². The van der Waals surface area contributed by atoms with Crippen molar-refractivity contribution < 1.29 is 8.42 Å². The fourth-order valence-corrected chi connectivity index (χ4v) is 3.32. The van der Waals surface area contributed by atoms with Crippen LogP contribution in [0.15, 0.2) is 0 Å². The first-order chi connectivity index (χ1) is 6.95. The Morgan fingerprint density at radius 2 is 2.13 bits per heavy atom. The Hall–Kier alpha value is -0.600. The number of sulfone groups is 1. The second-order valence-electron chi connectivity index (χ2n) is 4.35. The zero-order valence-electron chi connectivity index (χ0n) is 9.31. The van der Waals surface area contributed by atoms with Crippen LogP contribution >= 0.6 is 0 Å². The Kier molecular flexibility index (Phi) is 4.12. The highest BCUT2D eigenvalue weighted by Crippen LogP contribution is 2.26. The van der Waals surface area contributed by atoms with E-state index in [-0.39, 0.29) is 11.3 Å². The van der Waals surface area contributed by atoms with Crippen molar-refractivity contribution in [3.63, 3.8) is 0 Å². The van der Waals surface area contributed by atoms with Gasteiger partial charge < -0.3 is 0 Å². The molecular weight excluding hydrogens is 212 g/mol. The minimum Gasteiger partial charge on any atom is -0.291 e. The summed E-state index contributed by atoms with van der Waals surface area (Å²) in [5.74, 6) is 0. The highest BCUT2D eigenvalue weighted by Gasteiger charge is 2.30. The van der Waals surface area contributed by atoms with Gasteiger partial charge in [-0.3, -0.25) is 4.90 Å². The van der Waals surface area contributed by atoms with Crippen molar-refractivity contribution in [3.05, 3.63) is 0 Å². The molecule has 2 unspecified atom stereocenters. The molecule has 0 radical (unpaired) electrons. The molecule has 86 valence electrons. The molecule has 0 heterocycles. The van der Waals surface area contributed by atoms with Gasteiger partial charge in [0.05, 0.1) is 17.9 Å². The summed E-state index contributed by atoms with van der Waals surface area (Å²) in [5.41, 5.74) is 0. The Labute approximate surface area is 91.8 Å². The van der Waals surface area contributed by atoms with E-state index in [0.29, 0.717) is 13.0 Å². The van der Waals surface area contributed by atoms with Crippen LogP contribution in [0.1, 0.15) is 25.7 Å². The van der Waals surface area contributed by atoms with Gasteiger partial charge in [0.15, 0.2) is 0 Å². The van der Waals surface area contributed by atoms with Crippen LogP contribution in [0.3, 0.4) is 0 Å². The minimum atomic E-state index is -2.92. The van der Waals surface area contributed by atoms with Gasteiger partial charge in [-0.1, -0.05) is 6.42 Å². The van der Waals surface area contributed by atoms with E-state index >= 15 is 0 Å². The molecule has 1 fully saturated rings. The van der Waals surface area contributed by atoms with Crippen molar-refractivity contribution in [3.8, 4) is 6.07 Å². The second kappa shape index (κ2) is 4.95. The normalized spacial score (nSPS) is 27.6. The lowest BCUT2D eigenvalue weighted by Gasteiger charge is -2.33. The summed E-state index contributed by atoms with van der Waals surface area (Å²) in [6.07, 6.45) is 4.71. The van der Waals surface area contributed by atoms with Crippen LogP contribution in [0.25, 0.3) is 0 Å².